The van der Waals surface area contributed by atoms with E-state index in [9.17, 15) is 14.0 Å². The first-order valence-corrected chi connectivity index (χ1v) is 6.60. The molecule has 0 amide bonds. The molecule has 110 valence electrons. The molecule has 0 spiro atoms. The van der Waals surface area contributed by atoms with Gasteiger partial charge >= 0.3 is 11.9 Å². The second kappa shape index (κ2) is 7.62. The molecule has 0 saturated heterocycles. The van der Waals surface area contributed by atoms with Gasteiger partial charge in [0.15, 0.2) is 5.92 Å². The summed E-state index contributed by atoms with van der Waals surface area (Å²) in [7, 11) is 0. The van der Waals surface area contributed by atoms with E-state index in [-0.39, 0.29) is 19.0 Å². The van der Waals surface area contributed by atoms with Crippen LogP contribution in [0.25, 0.3) is 0 Å². The molecule has 4 nitrogen and oxygen atoms in total. The summed E-state index contributed by atoms with van der Waals surface area (Å²) in [5.74, 6) is -3.11. The molecule has 1 aromatic rings. The van der Waals surface area contributed by atoms with Crippen LogP contribution in [0.15, 0.2) is 24.3 Å². The highest BCUT2D eigenvalue weighted by molar-refractivity contribution is 5.96. The van der Waals surface area contributed by atoms with Crippen LogP contribution in [0.3, 0.4) is 0 Å². The maximum Gasteiger partial charge on any atom is 0.320 e. The molecule has 0 bridgehead atoms. The first-order valence-electron chi connectivity index (χ1n) is 6.60. The van der Waals surface area contributed by atoms with E-state index >= 15 is 0 Å². The SMILES string of the molecule is CCOC(=O)C(C(=O)OCC)[C@H](C)c1ccc(F)cc1. The van der Waals surface area contributed by atoms with Crippen LogP contribution in [0.5, 0.6) is 0 Å². The van der Waals surface area contributed by atoms with E-state index in [0.717, 1.165) is 0 Å². The molecule has 5 heteroatoms. The maximum atomic E-state index is 12.9. The molecule has 1 atom stereocenters. The quantitative estimate of drug-likeness (QED) is 0.594. The van der Waals surface area contributed by atoms with E-state index in [1.807, 2.05) is 0 Å². The van der Waals surface area contributed by atoms with Gasteiger partial charge in [-0.25, -0.2) is 4.39 Å². The predicted molar refractivity (Wildman–Crippen MR) is 71.6 cm³/mol. The Hall–Kier alpha value is -1.91. The van der Waals surface area contributed by atoms with Gasteiger partial charge in [-0.2, -0.15) is 0 Å². The van der Waals surface area contributed by atoms with Crippen LogP contribution in [0, 0.1) is 11.7 Å². The van der Waals surface area contributed by atoms with Gasteiger partial charge in [-0.05, 0) is 31.5 Å². The number of esters is 2. The Morgan fingerprint density at radius 2 is 1.50 bits per heavy atom. The molecule has 0 unspecified atom stereocenters. The Morgan fingerprint density at radius 1 is 1.05 bits per heavy atom. The van der Waals surface area contributed by atoms with E-state index in [2.05, 4.69) is 0 Å². The summed E-state index contributed by atoms with van der Waals surface area (Å²) >= 11 is 0. The van der Waals surface area contributed by atoms with Gasteiger partial charge in [-0.15, -0.1) is 0 Å². The summed E-state index contributed by atoms with van der Waals surface area (Å²) in [4.78, 5) is 23.9. The Morgan fingerprint density at radius 3 is 1.90 bits per heavy atom. The molecule has 0 aliphatic rings. The monoisotopic (exact) mass is 282 g/mol. The van der Waals surface area contributed by atoms with Crippen LogP contribution < -0.4 is 0 Å². The van der Waals surface area contributed by atoms with Gasteiger partial charge in [-0.1, -0.05) is 19.1 Å². The maximum absolute atomic E-state index is 12.9. The van der Waals surface area contributed by atoms with Crippen molar-refractivity contribution in [3.63, 3.8) is 0 Å². The highest BCUT2D eigenvalue weighted by atomic mass is 19.1. The van der Waals surface area contributed by atoms with E-state index in [1.165, 1.54) is 12.1 Å². The first-order chi connectivity index (χ1) is 9.51. The zero-order chi connectivity index (χ0) is 15.1. The number of benzene rings is 1. The lowest BCUT2D eigenvalue weighted by Gasteiger charge is -2.21. The molecule has 0 aromatic heterocycles. The van der Waals surface area contributed by atoms with Crippen molar-refractivity contribution in [2.45, 2.75) is 26.7 Å². The smallest absolute Gasteiger partial charge is 0.320 e. The Labute approximate surface area is 117 Å². The number of carbonyl (C=O) groups is 2. The molecular weight excluding hydrogens is 263 g/mol. The van der Waals surface area contributed by atoms with Crippen LogP contribution in [0.2, 0.25) is 0 Å². The highest BCUT2D eigenvalue weighted by Crippen LogP contribution is 2.27. The average Bonchev–Trinajstić information content (AvgIpc) is 2.40. The summed E-state index contributed by atoms with van der Waals surface area (Å²) in [6.45, 7) is 5.42. The zero-order valence-electron chi connectivity index (χ0n) is 11.9. The summed E-state index contributed by atoms with van der Waals surface area (Å²) in [6, 6.07) is 5.68. The van der Waals surface area contributed by atoms with E-state index < -0.39 is 23.8 Å². The second-order valence-corrected chi connectivity index (χ2v) is 4.32. The van der Waals surface area contributed by atoms with E-state index in [1.54, 1.807) is 32.9 Å². The molecule has 1 rings (SSSR count). The van der Waals surface area contributed by atoms with Gasteiger partial charge in [0, 0.05) is 5.92 Å². The topological polar surface area (TPSA) is 52.6 Å². The van der Waals surface area contributed by atoms with Crippen molar-refractivity contribution in [3.05, 3.63) is 35.6 Å². The minimum absolute atomic E-state index is 0.185. The molecule has 0 aliphatic heterocycles. The number of ether oxygens (including phenoxy) is 2. The summed E-state index contributed by atoms with van der Waals surface area (Å²) in [5.41, 5.74) is 0.678. The molecule has 0 saturated carbocycles. The summed E-state index contributed by atoms with van der Waals surface area (Å²) in [6.07, 6.45) is 0. The van der Waals surface area contributed by atoms with Crippen LogP contribution >= 0.6 is 0 Å². The van der Waals surface area contributed by atoms with Crippen molar-refractivity contribution in [1.29, 1.82) is 0 Å². The van der Waals surface area contributed by atoms with Gasteiger partial charge in [0.25, 0.3) is 0 Å². The van der Waals surface area contributed by atoms with Crippen molar-refractivity contribution >= 4 is 11.9 Å². The molecule has 1 aromatic carbocycles. The third-order valence-corrected chi connectivity index (χ3v) is 2.98. The Bertz CT molecular complexity index is 437. The van der Waals surface area contributed by atoms with Crippen molar-refractivity contribution in [3.8, 4) is 0 Å². The number of hydrogen-bond acceptors (Lipinski definition) is 4. The number of rotatable bonds is 6. The zero-order valence-corrected chi connectivity index (χ0v) is 11.9. The normalized spacial score (nSPS) is 12.1. The minimum Gasteiger partial charge on any atom is -0.465 e. The molecule has 0 radical (unpaired) electrons. The second-order valence-electron chi connectivity index (χ2n) is 4.32. The lowest BCUT2D eigenvalue weighted by molar-refractivity contribution is -0.162. The largest absolute Gasteiger partial charge is 0.465 e. The van der Waals surface area contributed by atoms with Gasteiger partial charge in [-0.3, -0.25) is 9.59 Å². The van der Waals surface area contributed by atoms with Crippen molar-refractivity contribution < 1.29 is 23.5 Å². The standard InChI is InChI=1S/C15H19FO4/c1-4-19-14(17)13(15(18)20-5-2)10(3)11-6-8-12(16)9-7-11/h6-10,13H,4-5H2,1-3H3/t10-/m1/s1. The van der Waals surface area contributed by atoms with Gasteiger partial charge in [0.1, 0.15) is 5.82 Å². The first kappa shape index (κ1) is 16.1. The summed E-state index contributed by atoms with van der Waals surface area (Å²) < 4.78 is 22.8. The Kier molecular flexibility index (Phi) is 6.15. The molecule has 0 aliphatic carbocycles. The number of carbonyl (C=O) groups excluding carboxylic acids is 2. The number of halogens is 1. The van der Waals surface area contributed by atoms with Crippen molar-refractivity contribution in [1.82, 2.24) is 0 Å². The minimum atomic E-state index is -1.04. The summed E-state index contributed by atoms with van der Waals surface area (Å²) in [5, 5.41) is 0. The fourth-order valence-electron chi connectivity index (χ4n) is 1.93. The van der Waals surface area contributed by atoms with Gasteiger partial charge < -0.3 is 9.47 Å². The van der Waals surface area contributed by atoms with Crippen LogP contribution in [-0.2, 0) is 19.1 Å². The lowest BCUT2D eigenvalue weighted by atomic mass is 9.87. The van der Waals surface area contributed by atoms with Crippen LogP contribution in [0.1, 0.15) is 32.3 Å². The van der Waals surface area contributed by atoms with Gasteiger partial charge in [0.2, 0.25) is 0 Å². The fraction of sp³-hybridized carbons (Fsp3) is 0.467. The number of hydrogen-bond donors (Lipinski definition) is 0. The average molecular weight is 282 g/mol. The van der Waals surface area contributed by atoms with E-state index in [4.69, 9.17) is 9.47 Å². The highest BCUT2D eigenvalue weighted by Gasteiger charge is 2.35. The van der Waals surface area contributed by atoms with Crippen LogP contribution in [0.4, 0.5) is 4.39 Å². The molecule has 20 heavy (non-hydrogen) atoms. The molecule has 0 fully saturated rings. The Balaban J connectivity index is 2.99. The van der Waals surface area contributed by atoms with Crippen LogP contribution in [-0.4, -0.2) is 25.2 Å². The fourth-order valence-corrected chi connectivity index (χ4v) is 1.93. The third-order valence-electron chi connectivity index (χ3n) is 2.98. The third kappa shape index (κ3) is 4.05. The van der Waals surface area contributed by atoms with E-state index in [0.29, 0.717) is 5.56 Å². The molecule has 0 N–H and O–H groups in total. The molecular formula is C15H19FO4. The van der Waals surface area contributed by atoms with Gasteiger partial charge in [0.05, 0.1) is 13.2 Å². The van der Waals surface area contributed by atoms with Crippen molar-refractivity contribution in [2.24, 2.45) is 5.92 Å². The predicted octanol–water partition coefficient (Wildman–Crippen LogP) is 2.67. The molecule has 0 heterocycles. The van der Waals surface area contributed by atoms with Crippen molar-refractivity contribution in [2.75, 3.05) is 13.2 Å². The lowest BCUT2D eigenvalue weighted by Crippen LogP contribution is -2.32.